The second-order valence-electron chi connectivity index (χ2n) is 4.37. The molecular formula is C13H15N3O3S2. The molecule has 0 aliphatic rings. The highest BCUT2D eigenvalue weighted by atomic mass is 32.2. The fourth-order valence-corrected chi connectivity index (χ4v) is 3.74. The minimum absolute atomic E-state index is 0.221. The number of carboxylic acids is 1. The summed E-state index contributed by atoms with van der Waals surface area (Å²) in [5, 5.41) is 13.2. The van der Waals surface area contributed by atoms with Crippen molar-refractivity contribution in [2.45, 2.75) is 31.3 Å². The van der Waals surface area contributed by atoms with Crippen LogP contribution in [0.3, 0.4) is 0 Å². The standard InChI is InChI=1S/C13H15N3O3S2/c1-3-8-4-9-11(14-6-15-12(9)21-8)20-5-10(13(18)19)16-7(2)17/h4,6,10H,3,5H2,1-2H3,(H,16,17)(H,18,19). The number of nitrogens with zero attached hydrogens (tertiary/aromatic N) is 2. The first-order valence-electron chi connectivity index (χ1n) is 6.37. The van der Waals surface area contributed by atoms with Crippen molar-refractivity contribution >= 4 is 45.2 Å². The number of amides is 1. The number of aryl methyl sites for hydroxylation is 1. The van der Waals surface area contributed by atoms with Gasteiger partial charge in [-0.1, -0.05) is 6.92 Å². The number of hydrogen-bond acceptors (Lipinski definition) is 6. The molecule has 0 saturated heterocycles. The number of fused-ring (bicyclic) bond motifs is 1. The number of thioether (sulfide) groups is 1. The zero-order valence-corrected chi connectivity index (χ0v) is 13.3. The third-order valence-corrected chi connectivity index (χ3v) is 5.04. The maximum absolute atomic E-state index is 11.1. The van der Waals surface area contributed by atoms with E-state index >= 15 is 0 Å². The molecule has 0 aliphatic heterocycles. The molecule has 112 valence electrons. The number of rotatable bonds is 6. The van der Waals surface area contributed by atoms with E-state index < -0.39 is 12.0 Å². The van der Waals surface area contributed by atoms with Crippen LogP contribution < -0.4 is 5.32 Å². The van der Waals surface area contributed by atoms with E-state index in [4.69, 9.17) is 5.11 Å². The van der Waals surface area contributed by atoms with Gasteiger partial charge >= 0.3 is 5.97 Å². The maximum atomic E-state index is 11.1. The normalized spacial score (nSPS) is 12.3. The van der Waals surface area contributed by atoms with E-state index in [-0.39, 0.29) is 11.7 Å². The molecule has 21 heavy (non-hydrogen) atoms. The van der Waals surface area contributed by atoms with E-state index in [2.05, 4.69) is 22.2 Å². The molecule has 0 fully saturated rings. The van der Waals surface area contributed by atoms with Gasteiger partial charge in [0.15, 0.2) is 0 Å². The zero-order chi connectivity index (χ0) is 15.4. The summed E-state index contributed by atoms with van der Waals surface area (Å²) in [5.74, 6) is -1.19. The fourth-order valence-electron chi connectivity index (χ4n) is 1.76. The molecule has 1 atom stereocenters. The maximum Gasteiger partial charge on any atom is 0.327 e. The largest absolute Gasteiger partial charge is 0.480 e. The lowest BCUT2D eigenvalue weighted by Crippen LogP contribution is -2.41. The van der Waals surface area contributed by atoms with E-state index in [9.17, 15) is 9.59 Å². The van der Waals surface area contributed by atoms with Gasteiger partial charge in [-0.25, -0.2) is 14.8 Å². The van der Waals surface area contributed by atoms with Crippen molar-refractivity contribution in [1.29, 1.82) is 0 Å². The molecular weight excluding hydrogens is 310 g/mol. The monoisotopic (exact) mass is 325 g/mol. The molecule has 8 heteroatoms. The molecule has 2 rings (SSSR count). The van der Waals surface area contributed by atoms with Crippen molar-refractivity contribution in [2.75, 3.05) is 5.75 Å². The third kappa shape index (κ3) is 3.92. The Bertz CT molecular complexity index is 672. The van der Waals surface area contributed by atoms with Crippen LogP contribution in [0, 0.1) is 0 Å². The Kier molecular flexibility index (Phi) is 5.13. The van der Waals surface area contributed by atoms with E-state index in [0.717, 1.165) is 21.7 Å². The van der Waals surface area contributed by atoms with Crippen LogP contribution in [0.5, 0.6) is 0 Å². The first-order valence-corrected chi connectivity index (χ1v) is 8.17. The molecule has 0 radical (unpaired) electrons. The Morgan fingerprint density at radius 3 is 2.86 bits per heavy atom. The fraction of sp³-hybridized carbons (Fsp3) is 0.385. The minimum Gasteiger partial charge on any atom is -0.480 e. The van der Waals surface area contributed by atoms with Gasteiger partial charge in [0.1, 0.15) is 22.2 Å². The predicted molar refractivity (Wildman–Crippen MR) is 82.8 cm³/mol. The van der Waals surface area contributed by atoms with Crippen LogP contribution in [-0.4, -0.2) is 38.7 Å². The SMILES string of the molecule is CCc1cc2c(SCC(NC(C)=O)C(=O)O)ncnc2s1. The second kappa shape index (κ2) is 6.86. The summed E-state index contributed by atoms with van der Waals surface area (Å²) in [6.45, 7) is 3.37. The highest BCUT2D eigenvalue weighted by Gasteiger charge is 2.19. The number of carboxylic acid groups (broad SMARTS) is 1. The molecule has 2 N–H and O–H groups in total. The van der Waals surface area contributed by atoms with Gasteiger partial charge in [0, 0.05) is 22.9 Å². The summed E-state index contributed by atoms with van der Waals surface area (Å²) >= 11 is 2.92. The molecule has 6 nitrogen and oxygen atoms in total. The summed E-state index contributed by atoms with van der Waals surface area (Å²) < 4.78 is 0. The number of hydrogen-bond donors (Lipinski definition) is 2. The molecule has 2 heterocycles. The van der Waals surface area contributed by atoms with Crippen molar-refractivity contribution in [3.05, 3.63) is 17.3 Å². The lowest BCUT2D eigenvalue weighted by atomic mass is 10.3. The van der Waals surface area contributed by atoms with Gasteiger partial charge < -0.3 is 10.4 Å². The lowest BCUT2D eigenvalue weighted by molar-refractivity contribution is -0.140. The topological polar surface area (TPSA) is 92.2 Å². The Balaban J connectivity index is 2.17. The van der Waals surface area contributed by atoms with Gasteiger partial charge in [0.2, 0.25) is 5.91 Å². The van der Waals surface area contributed by atoms with E-state index in [1.807, 2.05) is 6.07 Å². The number of aliphatic carboxylic acids is 1. The predicted octanol–water partition coefficient (Wildman–Crippen LogP) is 1.94. The number of nitrogens with one attached hydrogen (secondary N) is 1. The summed E-state index contributed by atoms with van der Waals surface area (Å²) in [5.41, 5.74) is 0. The van der Waals surface area contributed by atoms with Crippen molar-refractivity contribution in [1.82, 2.24) is 15.3 Å². The van der Waals surface area contributed by atoms with Crippen molar-refractivity contribution in [3.8, 4) is 0 Å². The van der Waals surface area contributed by atoms with Crippen LogP contribution >= 0.6 is 23.1 Å². The van der Waals surface area contributed by atoms with Gasteiger partial charge in [-0.05, 0) is 12.5 Å². The van der Waals surface area contributed by atoms with Crippen LogP contribution in [0.2, 0.25) is 0 Å². The lowest BCUT2D eigenvalue weighted by Gasteiger charge is -2.12. The molecule has 1 amide bonds. The zero-order valence-electron chi connectivity index (χ0n) is 11.6. The average molecular weight is 325 g/mol. The van der Waals surface area contributed by atoms with Crippen LogP contribution in [0.1, 0.15) is 18.7 Å². The van der Waals surface area contributed by atoms with Crippen LogP contribution in [-0.2, 0) is 16.0 Å². The van der Waals surface area contributed by atoms with Crippen LogP contribution in [0.25, 0.3) is 10.2 Å². The Morgan fingerprint density at radius 2 is 2.24 bits per heavy atom. The summed E-state index contributed by atoms with van der Waals surface area (Å²) in [6.07, 6.45) is 2.41. The Morgan fingerprint density at radius 1 is 1.48 bits per heavy atom. The number of carbonyl (C=O) groups excluding carboxylic acids is 1. The smallest absolute Gasteiger partial charge is 0.327 e. The highest BCUT2D eigenvalue weighted by Crippen LogP contribution is 2.31. The summed E-state index contributed by atoms with van der Waals surface area (Å²) in [7, 11) is 0. The molecule has 0 spiro atoms. The number of aromatic nitrogens is 2. The van der Waals surface area contributed by atoms with E-state index in [1.54, 1.807) is 11.3 Å². The van der Waals surface area contributed by atoms with Crippen molar-refractivity contribution < 1.29 is 14.7 Å². The summed E-state index contributed by atoms with van der Waals surface area (Å²) in [6, 6.07) is 1.11. The molecule has 0 aromatic carbocycles. The Hall–Kier alpha value is -1.67. The summed E-state index contributed by atoms with van der Waals surface area (Å²) in [4.78, 5) is 32.7. The number of thiophene rings is 1. The van der Waals surface area contributed by atoms with Gasteiger partial charge in [0.25, 0.3) is 0 Å². The molecule has 2 aromatic rings. The first-order chi connectivity index (χ1) is 10.0. The van der Waals surface area contributed by atoms with E-state index in [0.29, 0.717) is 0 Å². The molecule has 0 saturated carbocycles. The molecule has 0 aliphatic carbocycles. The molecule has 2 aromatic heterocycles. The average Bonchev–Trinajstić information content (AvgIpc) is 2.86. The molecule has 1 unspecified atom stereocenters. The quantitative estimate of drug-likeness (QED) is 0.623. The third-order valence-electron chi connectivity index (χ3n) is 2.75. The van der Waals surface area contributed by atoms with Gasteiger partial charge in [-0.2, -0.15) is 0 Å². The van der Waals surface area contributed by atoms with E-state index in [1.165, 1.54) is 29.9 Å². The Labute approximate surface area is 130 Å². The second-order valence-corrected chi connectivity index (χ2v) is 6.49. The number of carbonyl (C=O) groups is 2. The van der Waals surface area contributed by atoms with Gasteiger partial charge in [-0.15, -0.1) is 23.1 Å². The highest BCUT2D eigenvalue weighted by molar-refractivity contribution is 7.99. The van der Waals surface area contributed by atoms with Crippen LogP contribution in [0.15, 0.2) is 17.4 Å². The van der Waals surface area contributed by atoms with Crippen molar-refractivity contribution in [2.24, 2.45) is 0 Å². The first kappa shape index (κ1) is 15.7. The molecule has 0 bridgehead atoms. The van der Waals surface area contributed by atoms with Gasteiger partial charge in [0.05, 0.1) is 0 Å². The van der Waals surface area contributed by atoms with Crippen LogP contribution in [0.4, 0.5) is 0 Å². The minimum atomic E-state index is -1.05. The van der Waals surface area contributed by atoms with Gasteiger partial charge in [-0.3, -0.25) is 4.79 Å². The van der Waals surface area contributed by atoms with Crippen molar-refractivity contribution in [3.63, 3.8) is 0 Å².